The minimum atomic E-state index is 0.679. The van der Waals surface area contributed by atoms with Crippen molar-refractivity contribution in [3.8, 4) is 11.3 Å². The molecular weight excluding hydrogens is 204 g/mol. The Balaban J connectivity index is 1.80. The van der Waals surface area contributed by atoms with Gasteiger partial charge in [0.1, 0.15) is 5.69 Å². The van der Waals surface area contributed by atoms with E-state index in [4.69, 9.17) is 4.42 Å². The highest BCUT2D eigenvalue weighted by Crippen LogP contribution is 2.24. The number of nitrogens with one attached hydrogen (secondary N) is 1. The zero-order valence-electron chi connectivity index (χ0n) is 9.18. The third kappa shape index (κ3) is 1.86. The fourth-order valence-corrected chi connectivity index (χ4v) is 1.70. The van der Waals surface area contributed by atoms with Crippen molar-refractivity contribution in [2.75, 3.05) is 0 Å². The SMILES string of the molecule is Cn1cc(-c2ocnc2CNC2CC2)cn1. The molecule has 5 nitrogen and oxygen atoms in total. The Kier molecular flexibility index (Phi) is 2.25. The largest absolute Gasteiger partial charge is 0.443 e. The van der Waals surface area contributed by atoms with Crippen LogP contribution in [0.4, 0.5) is 0 Å². The van der Waals surface area contributed by atoms with Crippen LogP contribution >= 0.6 is 0 Å². The third-order valence-corrected chi connectivity index (χ3v) is 2.74. The molecule has 0 atom stereocenters. The first-order valence-corrected chi connectivity index (χ1v) is 5.47. The number of aryl methyl sites for hydroxylation is 1. The third-order valence-electron chi connectivity index (χ3n) is 2.74. The first-order valence-electron chi connectivity index (χ1n) is 5.47. The van der Waals surface area contributed by atoms with Gasteiger partial charge in [-0.25, -0.2) is 4.98 Å². The minimum absolute atomic E-state index is 0.679. The summed E-state index contributed by atoms with van der Waals surface area (Å²) in [4.78, 5) is 4.24. The maximum atomic E-state index is 5.41. The summed E-state index contributed by atoms with van der Waals surface area (Å²) in [6, 6.07) is 0.679. The fraction of sp³-hybridized carbons (Fsp3) is 0.455. The molecule has 1 N–H and O–H groups in total. The standard InChI is InChI=1S/C11H14N4O/c1-15-6-8(4-14-15)11-10(13-7-16-11)5-12-9-2-3-9/h4,6-7,9,12H,2-3,5H2,1H3. The molecule has 84 valence electrons. The van der Waals surface area contributed by atoms with E-state index in [9.17, 15) is 0 Å². The van der Waals surface area contributed by atoms with E-state index in [1.807, 2.05) is 13.2 Å². The first kappa shape index (κ1) is 9.59. The van der Waals surface area contributed by atoms with Crippen LogP contribution in [0.25, 0.3) is 11.3 Å². The fourth-order valence-electron chi connectivity index (χ4n) is 1.70. The summed E-state index contributed by atoms with van der Waals surface area (Å²) in [5.41, 5.74) is 1.94. The Hall–Kier alpha value is -1.62. The van der Waals surface area contributed by atoms with Gasteiger partial charge >= 0.3 is 0 Å². The summed E-state index contributed by atoms with van der Waals surface area (Å²) in [5, 5.41) is 7.56. The van der Waals surface area contributed by atoms with E-state index in [1.54, 1.807) is 10.9 Å². The van der Waals surface area contributed by atoms with E-state index < -0.39 is 0 Å². The van der Waals surface area contributed by atoms with Gasteiger partial charge in [-0.15, -0.1) is 0 Å². The van der Waals surface area contributed by atoms with Gasteiger partial charge in [-0.2, -0.15) is 5.10 Å². The number of oxazole rings is 1. The lowest BCUT2D eigenvalue weighted by Gasteiger charge is -2.00. The molecule has 2 heterocycles. The van der Waals surface area contributed by atoms with Crippen molar-refractivity contribution in [2.24, 2.45) is 7.05 Å². The number of aromatic nitrogens is 3. The Morgan fingerprint density at radius 1 is 1.56 bits per heavy atom. The van der Waals surface area contributed by atoms with Crippen molar-refractivity contribution in [1.29, 1.82) is 0 Å². The van der Waals surface area contributed by atoms with Crippen molar-refractivity contribution in [2.45, 2.75) is 25.4 Å². The van der Waals surface area contributed by atoms with Gasteiger partial charge in [0.25, 0.3) is 0 Å². The van der Waals surface area contributed by atoms with Crippen LogP contribution in [0.15, 0.2) is 23.2 Å². The Bertz CT molecular complexity index is 484. The average molecular weight is 218 g/mol. The molecule has 1 aliphatic rings. The lowest BCUT2D eigenvalue weighted by molar-refractivity contribution is 0.569. The molecule has 0 saturated heterocycles. The van der Waals surface area contributed by atoms with E-state index in [2.05, 4.69) is 15.4 Å². The molecule has 1 aliphatic carbocycles. The van der Waals surface area contributed by atoms with Crippen LogP contribution in [0, 0.1) is 0 Å². The smallest absolute Gasteiger partial charge is 0.181 e. The van der Waals surface area contributed by atoms with E-state index in [0.717, 1.165) is 23.6 Å². The van der Waals surface area contributed by atoms with E-state index in [0.29, 0.717) is 6.04 Å². The first-order chi connectivity index (χ1) is 7.83. The maximum Gasteiger partial charge on any atom is 0.181 e. The molecule has 3 rings (SSSR count). The highest BCUT2D eigenvalue weighted by atomic mass is 16.3. The summed E-state index contributed by atoms with van der Waals surface area (Å²) < 4.78 is 7.17. The van der Waals surface area contributed by atoms with Crippen molar-refractivity contribution < 1.29 is 4.42 Å². The second-order valence-corrected chi connectivity index (χ2v) is 4.19. The van der Waals surface area contributed by atoms with Crippen LogP contribution in [0.5, 0.6) is 0 Å². The van der Waals surface area contributed by atoms with E-state index in [-0.39, 0.29) is 0 Å². The molecule has 0 spiro atoms. The average Bonchev–Trinajstić information content (AvgIpc) is 2.82. The van der Waals surface area contributed by atoms with Crippen LogP contribution < -0.4 is 5.32 Å². The number of hydrogen-bond acceptors (Lipinski definition) is 4. The Labute approximate surface area is 93.5 Å². The van der Waals surface area contributed by atoms with Gasteiger partial charge in [0.05, 0.1) is 11.8 Å². The molecule has 0 bridgehead atoms. The van der Waals surface area contributed by atoms with Crippen LogP contribution in [0.2, 0.25) is 0 Å². The van der Waals surface area contributed by atoms with Crippen molar-refractivity contribution >= 4 is 0 Å². The van der Waals surface area contributed by atoms with E-state index >= 15 is 0 Å². The summed E-state index contributed by atoms with van der Waals surface area (Å²) in [6.45, 7) is 0.769. The predicted octanol–water partition coefficient (Wildman–Crippen LogP) is 1.33. The zero-order valence-corrected chi connectivity index (χ0v) is 9.18. The molecule has 0 radical (unpaired) electrons. The molecule has 0 unspecified atom stereocenters. The van der Waals surface area contributed by atoms with Crippen molar-refractivity contribution in [3.63, 3.8) is 0 Å². The van der Waals surface area contributed by atoms with Gasteiger partial charge in [0, 0.05) is 25.8 Å². The van der Waals surface area contributed by atoms with Gasteiger partial charge in [-0.05, 0) is 12.8 Å². The molecule has 1 fully saturated rings. The summed E-state index contributed by atoms with van der Waals surface area (Å²) in [7, 11) is 1.89. The summed E-state index contributed by atoms with van der Waals surface area (Å²) in [5.74, 6) is 0.821. The van der Waals surface area contributed by atoms with Crippen LogP contribution in [0.1, 0.15) is 18.5 Å². The normalized spacial score (nSPS) is 15.6. The number of hydrogen-bond donors (Lipinski definition) is 1. The second-order valence-electron chi connectivity index (χ2n) is 4.19. The summed E-state index contributed by atoms with van der Waals surface area (Å²) >= 11 is 0. The van der Waals surface area contributed by atoms with Gasteiger partial charge in [-0.1, -0.05) is 0 Å². The molecule has 1 saturated carbocycles. The molecule has 2 aromatic heterocycles. The lowest BCUT2D eigenvalue weighted by atomic mass is 10.2. The van der Waals surface area contributed by atoms with Crippen LogP contribution in [0.3, 0.4) is 0 Å². The topological polar surface area (TPSA) is 55.9 Å². The molecule has 0 aromatic carbocycles. The van der Waals surface area contributed by atoms with Gasteiger partial charge in [-0.3, -0.25) is 4.68 Å². The molecule has 2 aromatic rings. The van der Waals surface area contributed by atoms with Gasteiger partial charge in [0.15, 0.2) is 12.2 Å². The highest BCUT2D eigenvalue weighted by Gasteiger charge is 2.21. The van der Waals surface area contributed by atoms with Crippen molar-refractivity contribution in [3.05, 3.63) is 24.5 Å². The van der Waals surface area contributed by atoms with Crippen LogP contribution in [-0.4, -0.2) is 20.8 Å². The Morgan fingerprint density at radius 3 is 3.12 bits per heavy atom. The van der Waals surface area contributed by atoms with Gasteiger partial charge in [0.2, 0.25) is 0 Å². The molecular formula is C11H14N4O. The molecule has 0 aliphatic heterocycles. The van der Waals surface area contributed by atoms with Gasteiger partial charge < -0.3 is 9.73 Å². The quantitative estimate of drug-likeness (QED) is 0.841. The van der Waals surface area contributed by atoms with E-state index in [1.165, 1.54) is 19.2 Å². The predicted molar refractivity (Wildman–Crippen MR) is 58.6 cm³/mol. The molecule has 16 heavy (non-hydrogen) atoms. The number of nitrogens with zero attached hydrogens (tertiary/aromatic N) is 3. The van der Waals surface area contributed by atoms with Crippen LogP contribution in [-0.2, 0) is 13.6 Å². The summed E-state index contributed by atoms with van der Waals surface area (Å²) in [6.07, 6.45) is 7.77. The lowest BCUT2D eigenvalue weighted by Crippen LogP contribution is -2.15. The van der Waals surface area contributed by atoms with Crippen molar-refractivity contribution in [1.82, 2.24) is 20.1 Å². The highest BCUT2D eigenvalue weighted by molar-refractivity contribution is 5.57. The zero-order chi connectivity index (χ0) is 11.0. The molecule has 5 heteroatoms. The molecule has 0 amide bonds. The minimum Gasteiger partial charge on any atom is -0.443 e. The second kappa shape index (κ2) is 3.75. The monoisotopic (exact) mass is 218 g/mol. The number of rotatable bonds is 4. The maximum absolute atomic E-state index is 5.41. The Morgan fingerprint density at radius 2 is 2.44 bits per heavy atom.